The summed E-state index contributed by atoms with van der Waals surface area (Å²) in [7, 11) is -3.40. The van der Waals surface area contributed by atoms with Gasteiger partial charge in [-0.25, -0.2) is 4.79 Å². The molecule has 9 nitrogen and oxygen atoms in total. The van der Waals surface area contributed by atoms with Crippen LogP contribution in [0.25, 0.3) is 0 Å². The lowest BCUT2D eigenvalue weighted by molar-refractivity contribution is 0.0702. The lowest BCUT2D eigenvalue weighted by atomic mass is 10.4. The van der Waals surface area contributed by atoms with E-state index in [1.165, 1.54) is 4.31 Å². The van der Waals surface area contributed by atoms with Crippen LogP contribution in [0.2, 0.25) is 0 Å². The molecule has 0 spiro atoms. The van der Waals surface area contributed by atoms with Crippen LogP contribution in [0.1, 0.15) is 6.42 Å². The SMILES string of the molecule is O=c1[nH]ccn1CCN1CCCN(S(=O)(=O)N2CCOCC2)CC1. The summed E-state index contributed by atoms with van der Waals surface area (Å²) >= 11 is 0. The molecular formula is C14H25N5O4S. The van der Waals surface area contributed by atoms with Gasteiger partial charge in [-0.05, 0) is 13.0 Å². The second-order valence-electron chi connectivity index (χ2n) is 6.07. The highest BCUT2D eigenvalue weighted by molar-refractivity contribution is 7.86. The number of rotatable bonds is 5. The normalized spacial score (nSPS) is 22.5. The van der Waals surface area contributed by atoms with Gasteiger partial charge in [0.15, 0.2) is 0 Å². The Morgan fingerprint density at radius 3 is 2.46 bits per heavy atom. The Kier molecular flexibility index (Phi) is 5.72. The number of aromatic amines is 1. The largest absolute Gasteiger partial charge is 0.379 e. The van der Waals surface area contributed by atoms with Gasteiger partial charge in [0, 0.05) is 58.2 Å². The third-order valence-electron chi connectivity index (χ3n) is 4.55. The fourth-order valence-corrected chi connectivity index (χ4v) is 4.73. The van der Waals surface area contributed by atoms with E-state index in [1.54, 1.807) is 21.3 Å². The minimum absolute atomic E-state index is 0.110. The van der Waals surface area contributed by atoms with Crippen molar-refractivity contribution >= 4 is 10.2 Å². The van der Waals surface area contributed by atoms with E-state index in [4.69, 9.17) is 4.74 Å². The van der Waals surface area contributed by atoms with Gasteiger partial charge in [-0.3, -0.25) is 4.57 Å². The number of ether oxygens (including phenoxy) is 1. The fraction of sp³-hybridized carbons (Fsp3) is 0.786. The van der Waals surface area contributed by atoms with Crippen molar-refractivity contribution in [2.45, 2.75) is 13.0 Å². The monoisotopic (exact) mass is 359 g/mol. The number of hydrogen-bond donors (Lipinski definition) is 1. The average molecular weight is 359 g/mol. The molecule has 1 aromatic rings. The summed E-state index contributed by atoms with van der Waals surface area (Å²) in [6, 6.07) is 0. The summed E-state index contributed by atoms with van der Waals surface area (Å²) in [4.78, 5) is 16.3. The average Bonchev–Trinajstić information content (AvgIpc) is 2.85. The van der Waals surface area contributed by atoms with Gasteiger partial charge in [-0.15, -0.1) is 0 Å². The van der Waals surface area contributed by atoms with Gasteiger partial charge in [0.2, 0.25) is 0 Å². The third-order valence-corrected chi connectivity index (χ3v) is 6.58. The van der Waals surface area contributed by atoms with Crippen molar-refractivity contribution in [1.82, 2.24) is 23.1 Å². The van der Waals surface area contributed by atoms with Gasteiger partial charge in [-0.1, -0.05) is 0 Å². The maximum Gasteiger partial charge on any atom is 0.325 e. The maximum atomic E-state index is 12.7. The molecule has 0 radical (unpaired) electrons. The van der Waals surface area contributed by atoms with Crippen LogP contribution in [-0.4, -0.2) is 90.5 Å². The Hall–Kier alpha value is -1.20. The number of nitrogens with one attached hydrogen (secondary N) is 1. The Balaban J connectivity index is 1.54. The van der Waals surface area contributed by atoms with Crippen LogP contribution in [0.15, 0.2) is 17.2 Å². The first kappa shape index (κ1) is 17.6. The van der Waals surface area contributed by atoms with Crippen LogP contribution in [0, 0.1) is 0 Å². The van der Waals surface area contributed by atoms with E-state index in [1.807, 2.05) is 0 Å². The molecule has 3 rings (SSSR count). The molecule has 2 aliphatic rings. The molecule has 0 unspecified atom stereocenters. The van der Waals surface area contributed by atoms with E-state index in [9.17, 15) is 13.2 Å². The molecule has 24 heavy (non-hydrogen) atoms. The molecule has 1 N–H and O–H groups in total. The molecule has 10 heteroatoms. The van der Waals surface area contributed by atoms with Crippen LogP contribution in [-0.2, 0) is 21.5 Å². The van der Waals surface area contributed by atoms with Crippen molar-refractivity contribution in [1.29, 1.82) is 0 Å². The highest BCUT2D eigenvalue weighted by Crippen LogP contribution is 2.14. The molecule has 0 amide bonds. The molecule has 0 bridgehead atoms. The summed E-state index contributed by atoms with van der Waals surface area (Å²) in [5, 5.41) is 0. The summed E-state index contributed by atoms with van der Waals surface area (Å²) in [6.45, 7) is 5.69. The van der Waals surface area contributed by atoms with Gasteiger partial charge >= 0.3 is 5.69 Å². The first-order valence-corrected chi connectivity index (χ1v) is 9.76. The molecular weight excluding hydrogens is 334 g/mol. The molecule has 136 valence electrons. The first-order valence-electron chi connectivity index (χ1n) is 8.36. The van der Waals surface area contributed by atoms with Crippen LogP contribution in [0.3, 0.4) is 0 Å². The van der Waals surface area contributed by atoms with Gasteiger partial charge in [0.05, 0.1) is 13.2 Å². The molecule has 0 aliphatic carbocycles. The minimum Gasteiger partial charge on any atom is -0.379 e. The van der Waals surface area contributed by atoms with Gasteiger partial charge < -0.3 is 14.6 Å². The molecule has 0 atom stereocenters. The number of aromatic nitrogens is 2. The van der Waals surface area contributed by atoms with Crippen molar-refractivity contribution in [3.63, 3.8) is 0 Å². The van der Waals surface area contributed by atoms with Crippen molar-refractivity contribution in [2.75, 3.05) is 59.0 Å². The first-order chi connectivity index (χ1) is 11.6. The summed E-state index contributed by atoms with van der Waals surface area (Å²) in [5.74, 6) is 0. The van der Waals surface area contributed by atoms with Gasteiger partial charge in [0.1, 0.15) is 0 Å². The quantitative estimate of drug-likeness (QED) is 0.710. The molecule has 2 aliphatic heterocycles. The van der Waals surface area contributed by atoms with E-state index in [-0.39, 0.29) is 5.69 Å². The van der Waals surface area contributed by atoms with Crippen molar-refractivity contribution in [3.05, 3.63) is 22.9 Å². The van der Waals surface area contributed by atoms with E-state index in [2.05, 4.69) is 9.88 Å². The number of nitrogens with zero attached hydrogens (tertiary/aromatic N) is 4. The summed E-state index contributed by atoms with van der Waals surface area (Å²) in [5.41, 5.74) is -0.110. The Morgan fingerprint density at radius 1 is 1.00 bits per heavy atom. The van der Waals surface area contributed by atoms with E-state index < -0.39 is 10.2 Å². The highest BCUT2D eigenvalue weighted by atomic mass is 32.2. The van der Waals surface area contributed by atoms with Crippen LogP contribution in [0.4, 0.5) is 0 Å². The van der Waals surface area contributed by atoms with Crippen LogP contribution in [0.5, 0.6) is 0 Å². The van der Waals surface area contributed by atoms with Crippen molar-refractivity contribution in [3.8, 4) is 0 Å². The Bertz CT molecular complexity index is 679. The lowest BCUT2D eigenvalue weighted by Crippen LogP contribution is -2.49. The summed E-state index contributed by atoms with van der Waals surface area (Å²) in [6.07, 6.45) is 4.16. The predicted octanol–water partition coefficient (Wildman–Crippen LogP) is -1.24. The predicted molar refractivity (Wildman–Crippen MR) is 89.0 cm³/mol. The van der Waals surface area contributed by atoms with E-state index in [0.717, 1.165) is 19.5 Å². The molecule has 2 saturated heterocycles. The zero-order valence-electron chi connectivity index (χ0n) is 13.8. The van der Waals surface area contributed by atoms with Crippen molar-refractivity contribution in [2.24, 2.45) is 0 Å². The highest BCUT2D eigenvalue weighted by Gasteiger charge is 2.32. The second-order valence-corrected chi connectivity index (χ2v) is 8.00. The van der Waals surface area contributed by atoms with Crippen LogP contribution >= 0.6 is 0 Å². The third kappa shape index (κ3) is 4.06. The molecule has 3 heterocycles. The summed E-state index contributed by atoms with van der Waals surface area (Å²) < 4.78 is 35.4. The minimum atomic E-state index is -3.40. The smallest absolute Gasteiger partial charge is 0.325 e. The van der Waals surface area contributed by atoms with Crippen LogP contribution < -0.4 is 5.69 Å². The topological polar surface area (TPSA) is 90.9 Å². The van der Waals surface area contributed by atoms with Crippen molar-refractivity contribution < 1.29 is 13.2 Å². The van der Waals surface area contributed by atoms with E-state index in [0.29, 0.717) is 52.5 Å². The molecule has 1 aromatic heterocycles. The standard InChI is InChI=1S/C14H25N5O4S/c20-14-15-2-5-17(14)8-6-16-3-1-4-18(9-7-16)24(21,22)19-10-12-23-13-11-19/h2,5H,1,3-4,6-13H2,(H,15,20). The molecule has 2 fully saturated rings. The fourth-order valence-electron chi connectivity index (χ4n) is 3.12. The number of morpholine rings is 1. The number of H-pyrrole nitrogens is 1. The molecule has 0 aromatic carbocycles. The molecule has 0 saturated carbocycles. The Labute approximate surface area is 142 Å². The number of hydrogen-bond acceptors (Lipinski definition) is 5. The maximum absolute atomic E-state index is 12.7. The zero-order chi connectivity index (χ0) is 17.0. The second kappa shape index (κ2) is 7.79. The zero-order valence-corrected chi connectivity index (χ0v) is 14.6. The van der Waals surface area contributed by atoms with Gasteiger partial charge in [-0.2, -0.15) is 17.0 Å². The van der Waals surface area contributed by atoms with Gasteiger partial charge in [0.25, 0.3) is 10.2 Å². The lowest BCUT2D eigenvalue weighted by Gasteiger charge is -2.31. The number of imidazole rings is 1. The Morgan fingerprint density at radius 2 is 1.75 bits per heavy atom. The van der Waals surface area contributed by atoms with E-state index >= 15 is 0 Å².